The SMILES string of the molecule is COc1ccc(Cc2nc(NCC3CCCO3)c3ccccc3n2)cc1. The number of ether oxygens (including phenoxy) is 2. The molecule has 5 nitrogen and oxygen atoms in total. The number of nitrogens with one attached hydrogen (secondary N) is 1. The number of anilines is 1. The number of hydrogen-bond donors (Lipinski definition) is 1. The highest BCUT2D eigenvalue weighted by molar-refractivity contribution is 5.89. The maximum Gasteiger partial charge on any atom is 0.137 e. The zero-order valence-electron chi connectivity index (χ0n) is 14.9. The molecule has 1 saturated heterocycles. The van der Waals surface area contributed by atoms with Crippen molar-refractivity contribution < 1.29 is 9.47 Å². The van der Waals surface area contributed by atoms with Crippen LogP contribution in [0.4, 0.5) is 5.82 Å². The first-order valence-electron chi connectivity index (χ1n) is 9.06. The molecule has 2 heterocycles. The van der Waals surface area contributed by atoms with Crippen LogP contribution >= 0.6 is 0 Å². The van der Waals surface area contributed by atoms with Gasteiger partial charge in [0.05, 0.1) is 18.7 Å². The van der Waals surface area contributed by atoms with Gasteiger partial charge in [-0.25, -0.2) is 9.97 Å². The van der Waals surface area contributed by atoms with Gasteiger partial charge >= 0.3 is 0 Å². The molecule has 26 heavy (non-hydrogen) atoms. The summed E-state index contributed by atoms with van der Waals surface area (Å²) in [5, 5.41) is 4.52. The van der Waals surface area contributed by atoms with Crippen molar-refractivity contribution in [3.05, 3.63) is 59.9 Å². The lowest BCUT2D eigenvalue weighted by Gasteiger charge is -2.14. The smallest absolute Gasteiger partial charge is 0.137 e. The Bertz CT molecular complexity index is 874. The fourth-order valence-electron chi connectivity index (χ4n) is 3.28. The normalized spacial score (nSPS) is 16.7. The van der Waals surface area contributed by atoms with Crippen molar-refractivity contribution in [1.82, 2.24) is 9.97 Å². The number of hydrogen-bond acceptors (Lipinski definition) is 5. The van der Waals surface area contributed by atoms with Crippen LogP contribution in [0, 0.1) is 0 Å². The highest BCUT2D eigenvalue weighted by atomic mass is 16.5. The van der Waals surface area contributed by atoms with Gasteiger partial charge < -0.3 is 14.8 Å². The Morgan fingerprint density at radius 1 is 1.12 bits per heavy atom. The number of nitrogens with zero attached hydrogens (tertiary/aromatic N) is 2. The van der Waals surface area contributed by atoms with Crippen molar-refractivity contribution in [2.45, 2.75) is 25.4 Å². The predicted octanol–water partition coefficient (Wildman–Crippen LogP) is 3.82. The summed E-state index contributed by atoms with van der Waals surface area (Å²) >= 11 is 0. The molecule has 1 fully saturated rings. The molecule has 1 aliphatic rings. The molecule has 1 aliphatic heterocycles. The van der Waals surface area contributed by atoms with Crippen molar-refractivity contribution in [2.75, 3.05) is 25.6 Å². The number of benzene rings is 2. The summed E-state index contributed by atoms with van der Waals surface area (Å²) < 4.78 is 10.9. The minimum Gasteiger partial charge on any atom is -0.497 e. The maximum atomic E-state index is 5.72. The molecule has 0 saturated carbocycles. The number of para-hydroxylation sites is 1. The van der Waals surface area contributed by atoms with Crippen LogP contribution in [0.3, 0.4) is 0 Å². The number of aromatic nitrogens is 2. The minimum atomic E-state index is 0.272. The summed E-state index contributed by atoms with van der Waals surface area (Å²) in [5.41, 5.74) is 2.12. The summed E-state index contributed by atoms with van der Waals surface area (Å²) in [4.78, 5) is 9.53. The molecule has 2 aromatic carbocycles. The van der Waals surface area contributed by atoms with E-state index in [0.717, 1.165) is 59.9 Å². The van der Waals surface area contributed by atoms with E-state index in [2.05, 4.69) is 23.5 Å². The van der Waals surface area contributed by atoms with E-state index in [9.17, 15) is 0 Å². The molecule has 3 aromatic rings. The minimum absolute atomic E-state index is 0.272. The Morgan fingerprint density at radius 3 is 2.73 bits per heavy atom. The molecule has 1 unspecified atom stereocenters. The van der Waals surface area contributed by atoms with Gasteiger partial charge in [-0.2, -0.15) is 0 Å². The van der Waals surface area contributed by atoms with Crippen LogP contribution in [0.1, 0.15) is 24.2 Å². The van der Waals surface area contributed by atoms with Crippen LogP contribution in [-0.4, -0.2) is 36.3 Å². The van der Waals surface area contributed by atoms with Crippen LogP contribution in [0.25, 0.3) is 10.9 Å². The molecule has 1 N–H and O–H groups in total. The summed E-state index contributed by atoms with van der Waals surface area (Å²) in [7, 11) is 1.67. The summed E-state index contributed by atoms with van der Waals surface area (Å²) in [6.45, 7) is 1.64. The van der Waals surface area contributed by atoms with Crippen LogP contribution < -0.4 is 10.1 Å². The van der Waals surface area contributed by atoms with Gasteiger partial charge in [0.15, 0.2) is 0 Å². The van der Waals surface area contributed by atoms with Crippen molar-refractivity contribution in [1.29, 1.82) is 0 Å². The third-order valence-electron chi connectivity index (χ3n) is 4.69. The van der Waals surface area contributed by atoms with Crippen molar-refractivity contribution in [2.24, 2.45) is 0 Å². The molecule has 0 spiro atoms. The van der Waals surface area contributed by atoms with E-state index < -0.39 is 0 Å². The predicted molar refractivity (Wildman–Crippen MR) is 103 cm³/mol. The maximum absolute atomic E-state index is 5.72. The second-order valence-corrected chi connectivity index (χ2v) is 6.55. The average Bonchev–Trinajstić information content (AvgIpc) is 3.20. The molecule has 0 radical (unpaired) electrons. The molecule has 0 amide bonds. The van der Waals surface area contributed by atoms with Gasteiger partial charge in [-0.1, -0.05) is 24.3 Å². The highest BCUT2D eigenvalue weighted by Gasteiger charge is 2.16. The lowest BCUT2D eigenvalue weighted by atomic mass is 10.1. The van der Waals surface area contributed by atoms with E-state index in [1.165, 1.54) is 0 Å². The second-order valence-electron chi connectivity index (χ2n) is 6.55. The largest absolute Gasteiger partial charge is 0.497 e. The standard InChI is InChI=1S/C21H23N3O2/c1-25-16-10-8-15(9-11-16)13-20-23-19-7-3-2-6-18(19)21(24-20)22-14-17-5-4-12-26-17/h2-3,6-11,17H,4-5,12-14H2,1H3,(H,22,23,24). The zero-order chi connectivity index (χ0) is 17.8. The first-order valence-corrected chi connectivity index (χ1v) is 9.06. The lowest BCUT2D eigenvalue weighted by molar-refractivity contribution is 0.120. The Kier molecular flexibility index (Phi) is 4.97. The van der Waals surface area contributed by atoms with Crippen molar-refractivity contribution in [3.63, 3.8) is 0 Å². The van der Waals surface area contributed by atoms with Crippen molar-refractivity contribution >= 4 is 16.7 Å². The Hall–Kier alpha value is -2.66. The van der Waals surface area contributed by atoms with Gasteiger partial charge in [-0.15, -0.1) is 0 Å². The van der Waals surface area contributed by atoms with E-state index >= 15 is 0 Å². The van der Waals surface area contributed by atoms with Crippen LogP contribution in [-0.2, 0) is 11.2 Å². The third-order valence-corrected chi connectivity index (χ3v) is 4.69. The fourth-order valence-corrected chi connectivity index (χ4v) is 3.28. The monoisotopic (exact) mass is 349 g/mol. The van der Waals surface area contributed by atoms with Gasteiger partial charge in [0.25, 0.3) is 0 Å². The molecule has 5 heteroatoms. The topological polar surface area (TPSA) is 56.3 Å². The Morgan fingerprint density at radius 2 is 1.96 bits per heavy atom. The van der Waals surface area contributed by atoms with E-state index in [0.29, 0.717) is 6.42 Å². The van der Waals surface area contributed by atoms with E-state index in [1.807, 2.05) is 30.3 Å². The molecule has 1 atom stereocenters. The quantitative estimate of drug-likeness (QED) is 0.733. The molecular formula is C21H23N3O2. The van der Waals surface area contributed by atoms with E-state index in [-0.39, 0.29) is 6.10 Å². The Labute approximate surface area is 153 Å². The highest BCUT2D eigenvalue weighted by Crippen LogP contribution is 2.22. The number of rotatable bonds is 6. The lowest BCUT2D eigenvalue weighted by Crippen LogP contribution is -2.19. The van der Waals surface area contributed by atoms with Gasteiger partial charge in [-0.3, -0.25) is 0 Å². The molecule has 134 valence electrons. The van der Waals surface area contributed by atoms with Crippen LogP contribution in [0.15, 0.2) is 48.5 Å². The van der Waals surface area contributed by atoms with Crippen LogP contribution in [0.2, 0.25) is 0 Å². The second kappa shape index (κ2) is 7.70. The molecule has 1 aromatic heterocycles. The van der Waals surface area contributed by atoms with Gasteiger partial charge in [0.2, 0.25) is 0 Å². The van der Waals surface area contributed by atoms with Crippen LogP contribution in [0.5, 0.6) is 5.75 Å². The molecule has 0 aliphatic carbocycles. The fraction of sp³-hybridized carbons (Fsp3) is 0.333. The summed E-state index contributed by atoms with van der Waals surface area (Å²) in [5.74, 6) is 2.55. The van der Waals surface area contributed by atoms with Crippen molar-refractivity contribution in [3.8, 4) is 5.75 Å². The van der Waals surface area contributed by atoms with Gasteiger partial charge in [0.1, 0.15) is 17.4 Å². The molecular weight excluding hydrogens is 326 g/mol. The molecule has 4 rings (SSSR count). The third kappa shape index (κ3) is 3.78. The number of fused-ring (bicyclic) bond motifs is 1. The van der Waals surface area contributed by atoms with Gasteiger partial charge in [-0.05, 0) is 42.7 Å². The van der Waals surface area contributed by atoms with Gasteiger partial charge in [0, 0.05) is 25.0 Å². The average molecular weight is 349 g/mol. The zero-order valence-corrected chi connectivity index (χ0v) is 14.9. The first-order chi connectivity index (χ1) is 12.8. The Balaban J connectivity index is 1.59. The molecule has 0 bridgehead atoms. The van der Waals surface area contributed by atoms with E-state index in [4.69, 9.17) is 19.4 Å². The first kappa shape index (κ1) is 16.8. The summed E-state index contributed by atoms with van der Waals surface area (Å²) in [6.07, 6.45) is 3.20. The number of methoxy groups -OCH3 is 1. The summed E-state index contributed by atoms with van der Waals surface area (Å²) in [6, 6.07) is 16.2. The van der Waals surface area contributed by atoms with E-state index in [1.54, 1.807) is 7.11 Å².